The number of alkyl carbamates (subject to hydrolysis) is 1. The zero-order valence-corrected chi connectivity index (χ0v) is 10.5. The van der Waals surface area contributed by atoms with Crippen LogP contribution in [-0.4, -0.2) is 17.7 Å². The SMILES string of the molecule is C=C[C@H](CC(C)C)NC(=O)OC(C)(C)C. The molecule has 0 aromatic carbocycles. The highest BCUT2D eigenvalue weighted by Crippen LogP contribution is 2.09. The summed E-state index contributed by atoms with van der Waals surface area (Å²) in [6, 6.07) is -0.0140. The Hall–Kier alpha value is -0.990. The monoisotopic (exact) mass is 213 g/mol. The van der Waals surface area contributed by atoms with Crippen molar-refractivity contribution in [2.75, 3.05) is 0 Å². The molecule has 0 saturated carbocycles. The van der Waals surface area contributed by atoms with Crippen LogP contribution in [0.3, 0.4) is 0 Å². The number of ether oxygens (including phenoxy) is 1. The van der Waals surface area contributed by atoms with Crippen molar-refractivity contribution in [3.8, 4) is 0 Å². The van der Waals surface area contributed by atoms with Crippen LogP contribution in [0.25, 0.3) is 0 Å². The fourth-order valence-corrected chi connectivity index (χ4v) is 1.18. The second-order valence-corrected chi connectivity index (χ2v) is 5.12. The Bertz CT molecular complexity index is 216. The Balaban J connectivity index is 4.08. The van der Waals surface area contributed by atoms with Crippen molar-refractivity contribution in [2.24, 2.45) is 5.92 Å². The molecule has 1 N–H and O–H groups in total. The van der Waals surface area contributed by atoms with E-state index in [1.807, 2.05) is 20.8 Å². The van der Waals surface area contributed by atoms with E-state index in [1.54, 1.807) is 6.08 Å². The van der Waals surface area contributed by atoms with Gasteiger partial charge in [-0.15, -0.1) is 6.58 Å². The zero-order chi connectivity index (χ0) is 12.1. The first-order valence-corrected chi connectivity index (χ1v) is 5.36. The van der Waals surface area contributed by atoms with Gasteiger partial charge in [-0.3, -0.25) is 0 Å². The van der Waals surface area contributed by atoms with Gasteiger partial charge in [-0.05, 0) is 33.1 Å². The minimum atomic E-state index is -0.451. The van der Waals surface area contributed by atoms with Gasteiger partial charge in [-0.25, -0.2) is 4.79 Å². The Kier molecular flexibility index (Phi) is 5.40. The number of rotatable bonds is 4. The number of nitrogens with one attached hydrogen (secondary N) is 1. The van der Waals surface area contributed by atoms with Crippen LogP contribution in [0.4, 0.5) is 4.79 Å². The summed E-state index contributed by atoms with van der Waals surface area (Å²) in [5.74, 6) is 0.517. The lowest BCUT2D eigenvalue weighted by atomic mass is 10.0. The average Bonchev–Trinajstić information content (AvgIpc) is 1.98. The van der Waals surface area contributed by atoms with Crippen molar-refractivity contribution in [1.82, 2.24) is 5.32 Å². The molecule has 0 aliphatic rings. The highest BCUT2D eigenvalue weighted by atomic mass is 16.6. The molecule has 0 unspecified atom stereocenters. The molecule has 1 atom stereocenters. The molecule has 88 valence electrons. The Labute approximate surface area is 92.9 Å². The van der Waals surface area contributed by atoms with Crippen molar-refractivity contribution in [3.63, 3.8) is 0 Å². The summed E-state index contributed by atoms with van der Waals surface area (Å²) in [5.41, 5.74) is -0.451. The van der Waals surface area contributed by atoms with Gasteiger partial charge in [0.25, 0.3) is 0 Å². The summed E-state index contributed by atoms with van der Waals surface area (Å²) in [6.07, 6.45) is 2.24. The summed E-state index contributed by atoms with van der Waals surface area (Å²) in [7, 11) is 0. The number of carbonyl (C=O) groups excluding carboxylic acids is 1. The fourth-order valence-electron chi connectivity index (χ4n) is 1.18. The molecule has 15 heavy (non-hydrogen) atoms. The van der Waals surface area contributed by atoms with Crippen LogP contribution < -0.4 is 5.32 Å². The lowest BCUT2D eigenvalue weighted by Crippen LogP contribution is -2.38. The van der Waals surface area contributed by atoms with Gasteiger partial charge < -0.3 is 10.1 Å². The van der Waals surface area contributed by atoms with E-state index in [4.69, 9.17) is 4.74 Å². The molecule has 0 saturated heterocycles. The van der Waals surface area contributed by atoms with Gasteiger partial charge in [0.15, 0.2) is 0 Å². The molecular formula is C12H23NO2. The fraction of sp³-hybridized carbons (Fsp3) is 0.750. The highest BCUT2D eigenvalue weighted by Gasteiger charge is 2.18. The highest BCUT2D eigenvalue weighted by molar-refractivity contribution is 5.68. The Morgan fingerprint density at radius 2 is 2.00 bits per heavy atom. The van der Waals surface area contributed by atoms with E-state index in [9.17, 15) is 4.79 Å². The average molecular weight is 213 g/mol. The molecule has 0 spiro atoms. The van der Waals surface area contributed by atoms with Gasteiger partial charge >= 0.3 is 6.09 Å². The number of hydrogen-bond donors (Lipinski definition) is 1. The minimum absolute atomic E-state index is 0.0140. The molecule has 0 aromatic rings. The maximum absolute atomic E-state index is 11.4. The van der Waals surface area contributed by atoms with E-state index in [0.29, 0.717) is 5.92 Å². The molecule has 0 aromatic heterocycles. The second-order valence-electron chi connectivity index (χ2n) is 5.12. The standard InChI is InChI=1S/C12H23NO2/c1-7-10(8-9(2)3)13-11(14)15-12(4,5)6/h7,9-10H,1,8H2,2-6H3,(H,13,14)/t10-/m1/s1. The predicted octanol–water partition coefficient (Wildman–Crippen LogP) is 3.11. The molecule has 1 amide bonds. The van der Waals surface area contributed by atoms with Crippen molar-refractivity contribution in [3.05, 3.63) is 12.7 Å². The van der Waals surface area contributed by atoms with Crippen LogP contribution in [-0.2, 0) is 4.74 Å². The maximum atomic E-state index is 11.4. The molecular weight excluding hydrogens is 190 g/mol. The van der Waals surface area contributed by atoms with E-state index < -0.39 is 5.60 Å². The smallest absolute Gasteiger partial charge is 0.408 e. The van der Waals surface area contributed by atoms with Crippen LogP contribution in [0, 0.1) is 5.92 Å². The maximum Gasteiger partial charge on any atom is 0.408 e. The normalized spacial score (nSPS) is 13.5. The van der Waals surface area contributed by atoms with Gasteiger partial charge in [-0.2, -0.15) is 0 Å². The molecule has 0 fully saturated rings. The van der Waals surface area contributed by atoms with E-state index >= 15 is 0 Å². The Morgan fingerprint density at radius 1 is 1.47 bits per heavy atom. The van der Waals surface area contributed by atoms with Gasteiger partial charge in [0, 0.05) is 0 Å². The molecule has 0 bridgehead atoms. The zero-order valence-electron chi connectivity index (χ0n) is 10.5. The van der Waals surface area contributed by atoms with Crippen molar-refractivity contribution in [1.29, 1.82) is 0 Å². The van der Waals surface area contributed by atoms with Gasteiger partial charge in [0.1, 0.15) is 5.60 Å². The number of hydrogen-bond acceptors (Lipinski definition) is 2. The van der Waals surface area contributed by atoms with E-state index in [2.05, 4.69) is 25.7 Å². The predicted molar refractivity (Wildman–Crippen MR) is 62.8 cm³/mol. The lowest BCUT2D eigenvalue weighted by molar-refractivity contribution is 0.0510. The van der Waals surface area contributed by atoms with Crippen molar-refractivity contribution in [2.45, 2.75) is 52.7 Å². The minimum Gasteiger partial charge on any atom is -0.444 e. The number of amides is 1. The van der Waals surface area contributed by atoms with Gasteiger partial charge in [0.2, 0.25) is 0 Å². The van der Waals surface area contributed by atoms with Crippen molar-refractivity contribution >= 4 is 6.09 Å². The summed E-state index contributed by atoms with van der Waals surface area (Å²) >= 11 is 0. The molecule has 0 aliphatic carbocycles. The topological polar surface area (TPSA) is 38.3 Å². The molecule has 0 radical (unpaired) electrons. The third kappa shape index (κ3) is 8.03. The second kappa shape index (κ2) is 5.79. The van der Waals surface area contributed by atoms with Crippen LogP contribution >= 0.6 is 0 Å². The summed E-state index contributed by atoms with van der Waals surface area (Å²) in [6.45, 7) is 13.4. The lowest BCUT2D eigenvalue weighted by Gasteiger charge is -2.22. The molecule has 0 aliphatic heterocycles. The van der Waals surface area contributed by atoms with Crippen molar-refractivity contribution < 1.29 is 9.53 Å². The van der Waals surface area contributed by atoms with Gasteiger partial charge in [-0.1, -0.05) is 19.9 Å². The largest absolute Gasteiger partial charge is 0.444 e. The molecule has 3 nitrogen and oxygen atoms in total. The first kappa shape index (κ1) is 14.0. The van der Waals surface area contributed by atoms with E-state index in [-0.39, 0.29) is 12.1 Å². The number of carbonyl (C=O) groups is 1. The van der Waals surface area contributed by atoms with Gasteiger partial charge in [0.05, 0.1) is 6.04 Å². The van der Waals surface area contributed by atoms with Crippen LogP contribution in [0.5, 0.6) is 0 Å². The quantitative estimate of drug-likeness (QED) is 0.729. The third-order valence-corrected chi connectivity index (χ3v) is 1.71. The third-order valence-electron chi connectivity index (χ3n) is 1.71. The first-order chi connectivity index (χ1) is 6.74. The summed E-state index contributed by atoms with van der Waals surface area (Å²) in [5, 5.41) is 2.78. The first-order valence-electron chi connectivity index (χ1n) is 5.36. The molecule has 3 heteroatoms. The summed E-state index contributed by atoms with van der Waals surface area (Å²) < 4.78 is 5.15. The molecule has 0 rings (SSSR count). The van der Waals surface area contributed by atoms with Crippen LogP contribution in [0.1, 0.15) is 41.0 Å². The van der Waals surface area contributed by atoms with Crippen LogP contribution in [0.2, 0.25) is 0 Å². The van der Waals surface area contributed by atoms with E-state index in [0.717, 1.165) is 6.42 Å². The molecule has 0 heterocycles. The summed E-state index contributed by atoms with van der Waals surface area (Å²) in [4.78, 5) is 11.4. The van der Waals surface area contributed by atoms with Crippen LogP contribution in [0.15, 0.2) is 12.7 Å². The van der Waals surface area contributed by atoms with E-state index in [1.165, 1.54) is 0 Å². The Morgan fingerprint density at radius 3 is 2.33 bits per heavy atom.